The predicted molar refractivity (Wildman–Crippen MR) is 72.0 cm³/mol. The molecule has 5 nitrogen and oxygen atoms in total. The van der Waals surface area contributed by atoms with E-state index in [-0.39, 0.29) is 11.7 Å². The third kappa shape index (κ3) is 3.27. The summed E-state index contributed by atoms with van der Waals surface area (Å²) in [5.74, 6) is 0.534. The lowest BCUT2D eigenvalue weighted by Crippen LogP contribution is -2.18. The molecule has 0 saturated heterocycles. The molecule has 1 unspecified atom stereocenters. The number of nitro groups is 1. The van der Waals surface area contributed by atoms with Gasteiger partial charge in [-0.1, -0.05) is 0 Å². The van der Waals surface area contributed by atoms with Crippen LogP contribution in [0.4, 0.5) is 11.5 Å². The lowest BCUT2D eigenvalue weighted by atomic mass is 10.1. The standard InChI is InChI=1S/C12H13N3O2S/c1-9(6-10-3-5-18-8-10)14-12-7-11(15(16)17)2-4-13-12/h2-5,7-9H,6H2,1H3,(H,13,14). The zero-order valence-corrected chi connectivity index (χ0v) is 10.7. The number of hydrogen-bond donors (Lipinski definition) is 1. The highest BCUT2D eigenvalue weighted by Gasteiger charge is 2.09. The Hall–Kier alpha value is -1.95. The van der Waals surface area contributed by atoms with E-state index in [1.54, 1.807) is 11.3 Å². The highest BCUT2D eigenvalue weighted by Crippen LogP contribution is 2.16. The molecule has 2 heterocycles. The molecule has 2 aromatic heterocycles. The summed E-state index contributed by atoms with van der Waals surface area (Å²) in [6.07, 6.45) is 2.31. The van der Waals surface area contributed by atoms with Gasteiger partial charge >= 0.3 is 0 Å². The van der Waals surface area contributed by atoms with Crippen LogP contribution in [-0.2, 0) is 6.42 Å². The zero-order valence-electron chi connectivity index (χ0n) is 9.87. The summed E-state index contributed by atoms with van der Waals surface area (Å²) in [6.45, 7) is 2.03. The molecule has 0 aromatic carbocycles. The number of rotatable bonds is 5. The number of anilines is 1. The van der Waals surface area contributed by atoms with E-state index >= 15 is 0 Å². The molecule has 0 aliphatic rings. The fourth-order valence-electron chi connectivity index (χ4n) is 1.68. The minimum atomic E-state index is -0.420. The average molecular weight is 263 g/mol. The summed E-state index contributed by atoms with van der Waals surface area (Å²) in [7, 11) is 0. The van der Waals surface area contributed by atoms with Crippen molar-refractivity contribution in [3.8, 4) is 0 Å². The van der Waals surface area contributed by atoms with Crippen LogP contribution in [0.25, 0.3) is 0 Å². The van der Waals surface area contributed by atoms with E-state index in [2.05, 4.69) is 21.7 Å². The van der Waals surface area contributed by atoms with Gasteiger partial charge in [0.1, 0.15) is 5.82 Å². The van der Waals surface area contributed by atoms with Gasteiger partial charge < -0.3 is 5.32 Å². The molecule has 0 bridgehead atoms. The maximum Gasteiger partial charge on any atom is 0.274 e. The topological polar surface area (TPSA) is 68.1 Å². The van der Waals surface area contributed by atoms with Gasteiger partial charge in [-0.3, -0.25) is 10.1 Å². The van der Waals surface area contributed by atoms with Crippen molar-refractivity contribution in [2.24, 2.45) is 0 Å². The maximum atomic E-state index is 10.6. The van der Waals surface area contributed by atoms with Gasteiger partial charge in [0.05, 0.1) is 11.0 Å². The first-order chi connectivity index (χ1) is 8.65. The maximum absolute atomic E-state index is 10.6. The van der Waals surface area contributed by atoms with Gasteiger partial charge in [0.15, 0.2) is 0 Å². The molecule has 1 N–H and O–H groups in total. The molecule has 0 radical (unpaired) electrons. The summed E-state index contributed by atoms with van der Waals surface area (Å²) in [5.41, 5.74) is 1.31. The normalized spacial score (nSPS) is 12.1. The Kier molecular flexibility index (Phi) is 3.88. The second-order valence-electron chi connectivity index (χ2n) is 4.04. The summed E-state index contributed by atoms with van der Waals surface area (Å²) < 4.78 is 0. The largest absolute Gasteiger partial charge is 0.367 e. The Balaban J connectivity index is 2.00. The van der Waals surface area contributed by atoms with E-state index in [0.29, 0.717) is 5.82 Å². The third-order valence-corrected chi connectivity index (χ3v) is 3.20. The number of pyridine rings is 1. The van der Waals surface area contributed by atoms with E-state index in [1.165, 1.54) is 23.9 Å². The van der Waals surface area contributed by atoms with Gasteiger partial charge in [-0.25, -0.2) is 4.98 Å². The van der Waals surface area contributed by atoms with E-state index < -0.39 is 4.92 Å². The van der Waals surface area contributed by atoms with Crippen molar-refractivity contribution in [3.63, 3.8) is 0 Å². The van der Waals surface area contributed by atoms with Crippen molar-refractivity contribution in [2.45, 2.75) is 19.4 Å². The van der Waals surface area contributed by atoms with Crippen LogP contribution < -0.4 is 5.32 Å². The molecule has 0 spiro atoms. The summed E-state index contributed by atoms with van der Waals surface area (Å²) >= 11 is 1.66. The summed E-state index contributed by atoms with van der Waals surface area (Å²) in [5, 5.41) is 17.9. The van der Waals surface area contributed by atoms with E-state index in [9.17, 15) is 10.1 Å². The lowest BCUT2D eigenvalue weighted by Gasteiger charge is -2.13. The van der Waals surface area contributed by atoms with Crippen molar-refractivity contribution < 1.29 is 4.92 Å². The molecular weight excluding hydrogens is 250 g/mol. The van der Waals surface area contributed by atoms with Crippen LogP contribution in [-0.4, -0.2) is 15.9 Å². The van der Waals surface area contributed by atoms with Gasteiger partial charge in [0.2, 0.25) is 0 Å². The molecule has 0 aliphatic carbocycles. The Morgan fingerprint density at radius 2 is 2.39 bits per heavy atom. The summed E-state index contributed by atoms with van der Waals surface area (Å²) in [6, 6.07) is 5.08. The van der Waals surface area contributed by atoms with Crippen LogP contribution in [0.15, 0.2) is 35.2 Å². The van der Waals surface area contributed by atoms with Crippen LogP contribution in [0.3, 0.4) is 0 Å². The smallest absolute Gasteiger partial charge is 0.274 e. The number of aromatic nitrogens is 1. The van der Waals surface area contributed by atoms with Crippen molar-refractivity contribution >= 4 is 22.8 Å². The number of thiophene rings is 1. The molecule has 1 atom stereocenters. The minimum Gasteiger partial charge on any atom is -0.367 e. The molecule has 2 aromatic rings. The molecule has 0 saturated carbocycles. The van der Waals surface area contributed by atoms with Crippen molar-refractivity contribution in [1.29, 1.82) is 0 Å². The van der Waals surface area contributed by atoms with Gasteiger partial charge in [-0.15, -0.1) is 0 Å². The molecular formula is C12H13N3O2S. The lowest BCUT2D eigenvalue weighted by molar-refractivity contribution is -0.384. The van der Waals surface area contributed by atoms with Crippen molar-refractivity contribution in [2.75, 3.05) is 5.32 Å². The van der Waals surface area contributed by atoms with Gasteiger partial charge in [-0.05, 0) is 35.7 Å². The zero-order chi connectivity index (χ0) is 13.0. The fraction of sp³-hybridized carbons (Fsp3) is 0.250. The van der Waals surface area contributed by atoms with Gasteiger partial charge in [-0.2, -0.15) is 11.3 Å². The van der Waals surface area contributed by atoms with Crippen LogP contribution in [0.2, 0.25) is 0 Å². The Bertz CT molecular complexity index is 528. The van der Waals surface area contributed by atoms with Crippen LogP contribution in [0.5, 0.6) is 0 Å². The predicted octanol–water partition coefficient (Wildman–Crippen LogP) is 3.09. The van der Waals surface area contributed by atoms with E-state index in [0.717, 1.165) is 6.42 Å². The third-order valence-electron chi connectivity index (χ3n) is 2.47. The molecule has 2 rings (SSSR count). The van der Waals surface area contributed by atoms with Crippen LogP contribution in [0, 0.1) is 10.1 Å². The molecule has 94 valence electrons. The SMILES string of the molecule is CC(Cc1ccsc1)Nc1cc([N+](=O)[O-])ccn1. The monoisotopic (exact) mass is 263 g/mol. The minimum absolute atomic E-state index is 0.0511. The summed E-state index contributed by atoms with van der Waals surface area (Å²) in [4.78, 5) is 14.3. The first kappa shape index (κ1) is 12.5. The Morgan fingerprint density at radius 1 is 1.56 bits per heavy atom. The first-order valence-electron chi connectivity index (χ1n) is 5.53. The first-order valence-corrected chi connectivity index (χ1v) is 6.47. The number of hydrogen-bond acceptors (Lipinski definition) is 5. The molecule has 6 heteroatoms. The van der Waals surface area contributed by atoms with Crippen LogP contribution >= 0.6 is 11.3 Å². The Morgan fingerprint density at radius 3 is 3.06 bits per heavy atom. The molecule has 18 heavy (non-hydrogen) atoms. The number of nitrogens with one attached hydrogen (secondary N) is 1. The van der Waals surface area contributed by atoms with Crippen molar-refractivity contribution in [1.82, 2.24) is 4.98 Å². The molecule has 0 aliphatic heterocycles. The average Bonchev–Trinajstić information content (AvgIpc) is 2.82. The quantitative estimate of drug-likeness (QED) is 0.665. The van der Waals surface area contributed by atoms with Gasteiger partial charge in [0, 0.05) is 18.3 Å². The van der Waals surface area contributed by atoms with Crippen molar-refractivity contribution in [3.05, 3.63) is 50.8 Å². The van der Waals surface area contributed by atoms with Gasteiger partial charge in [0.25, 0.3) is 5.69 Å². The second-order valence-corrected chi connectivity index (χ2v) is 4.82. The molecule has 0 fully saturated rings. The second kappa shape index (κ2) is 5.59. The number of nitrogens with zero attached hydrogens (tertiary/aromatic N) is 2. The van der Waals surface area contributed by atoms with Crippen LogP contribution in [0.1, 0.15) is 12.5 Å². The molecule has 0 amide bonds. The van der Waals surface area contributed by atoms with E-state index in [4.69, 9.17) is 0 Å². The highest BCUT2D eigenvalue weighted by molar-refractivity contribution is 7.07. The Labute approximate surface area is 109 Å². The van der Waals surface area contributed by atoms with E-state index in [1.807, 2.05) is 12.3 Å². The highest BCUT2D eigenvalue weighted by atomic mass is 32.1. The fourth-order valence-corrected chi connectivity index (χ4v) is 2.36.